The SMILES string of the molecule is CC1CC(Nc2ccc3ncccc3c2N)CCN1C. The van der Waals surface area contributed by atoms with Crippen LogP contribution in [0.25, 0.3) is 10.9 Å². The van der Waals surface area contributed by atoms with E-state index >= 15 is 0 Å². The number of hydrogen-bond acceptors (Lipinski definition) is 4. The van der Waals surface area contributed by atoms with Gasteiger partial charge in [0.15, 0.2) is 0 Å². The fraction of sp³-hybridized carbons (Fsp3) is 0.438. The maximum absolute atomic E-state index is 6.29. The molecule has 1 saturated heterocycles. The van der Waals surface area contributed by atoms with Gasteiger partial charge >= 0.3 is 0 Å². The van der Waals surface area contributed by atoms with Crippen LogP contribution in [0.15, 0.2) is 30.5 Å². The summed E-state index contributed by atoms with van der Waals surface area (Å²) in [7, 11) is 2.19. The van der Waals surface area contributed by atoms with E-state index in [4.69, 9.17) is 5.73 Å². The van der Waals surface area contributed by atoms with Crippen molar-refractivity contribution in [3.05, 3.63) is 30.5 Å². The number of aromatic nitrogens is 1. The Bertz CT molecular complexity index is 610. The lowest BCUT2D eigenvalue weighted by molar-refractivity contribution is 0.190. The molecular weight excluding hydrogens is 248 g/mol. The molecule has 0 spiro atoms. The van der Waals surface area contributed by atoms with Gasteiger partial charge in [-0.2, -0.15) is 0 Å². The molecule has 1 aromatic carbocycles. The van der Waals surface area contributed by atoms with E-state index in [1.54, 1.807) is 6.20 Å². The summed E-state index contributed by atoms with van der Waals surface area (Å²) < 4.78 is 0. The number of nitrogens with zero attached hydrogens (tertiary/aromatic N) is 2. The van der Waals surface area contributed by atoms with Gasteiger partial charge in [-0.15, -0.1) is 0 Å². The van der Waals surface area contributed by atoms with Gasteiger partial charge in [0.2, 0.25) is 0 Å². The van der Waals surface area contributed by atoms with E-state index in [2.05, 4.69) is 29.2 Å². The van der Waals surface area contributed by atoms with Gasteiger partial charge in [-0.1, -0.05) is 0 Å². The molecule has 3 rings (SSSR count). The number of nitrogen functional groups attached to an aromatic ring is 1. The predicted octanol–water partition coefficient (Wildman–Crippen LogP) is 2.71. The minimum Gasteiger partial charge on any atom is -0.397 e. The van der Waals surface area contributed by atoms with Gasteiger partial charge in [0.1, 0.15) is 0 Å². The number of piperidine rings is 1. The first-order valence-electron chi connectivity index (χ1n) is 7.25. The van der Waals surface area contributed by atoms with Crippen LogP contribution in [-0.4, -0.2) is 35.6 Å². The highest BCUT2D eigenvalue weighted by Crippen LogP contribution is 2.29. The van der Waals surface area contributed by atoms with Crippen molar-refractivity contribution < 1.29 is 0 Å². The topological polar surface area (TPSA) is 54.2 Å². The summed E-state index contributed by atoms with van der Waals surface area (Å²) in [6.45, 7) is 3.41. The summed E-state index contributed by atoms with van der Waals surface area (Å²) in [5, 5.41) is 4.64. The van der Waals surface area contributed by atoms with Gasteiger partial charge in [0, 0.05) is 30.2 Å². The smallest absolute Gasteiger partial charge is 0.0724 e. The van der Waals surface area contributed by atoms with Crippen molar-refractivity contribution in [3.63, 3.8) is 0 Å². The van der Waals surface area contributed by atoms with Crippen molar-refractivity contribution >= 4 is 22.3 Å². The number of anilines is 2. The molecule has 20 heavy (non-hydrogen) atoms. The van der Waals surface area contributed by atoms with E-state index in [1.807, 2.05) is 24.3 Å². The van der Waals surface area contributed by atoms with E-state index in [1.165, 1.54) is 0 Å². The number of nitrogens with one attached hydrogen (secondary N) is 1. The molecule has 1 aliphatic rings. The summed E-state index contributed by atoms with van der Waals surface area (Å²) in [6, 6.07) is 9.16. The molecule has 1 fully saturated rings. The van der Waals surface area contributed by atoms with Crippen LogP contribution in [0.5, 0.6) is 0 Å². The maximum Gasteiger partial charge on any atom is 0.0724 e. The molecule has 0 radical (unpaired) electrons. The minimum absolute atomic E-state index is 0.498. The molecule has 106 valence electrons. The van der Waals surface area contributed by atoms with Gasteiger partial charge in [-0.3, -0.25) is 4.98 Å². The number of benzene rings is 1. The zero-order valence-corrected chi connectivity index (χ0v) is 12.1. The fourth-order valence-electron chi connectivity index (χ4n) is 2.94. The van der Waals surface area contributed by atoms with Crippen molar-refractivity contribution in [3.8, 4) is 0 Å². The third-order valence-electron chi connectivity index (χ3n) is 4.39. The van der Waals surface area contributed by atoms with Crippen molar-refractivity contribution in [2.75, 3.05) is 24.6 Å². The second-order valence-electron chi connectivity index (χ2n) is 5.79. The van der Waals surface area contributed by atoms with Gasteiger partial charge in [-0.05, 0) is 51.1 Å². The first-order valence-corrected chi connectivity index (χ1v) is 7.25. The zero-order chi connectivity index (χ0) is 14.1. The summed E-state index contributed by atoms with van der Waals surface area (Å²) in [5.74, 6) is 0. The molecule has 4 nitrogen and oxygen atoms in total. The van der Waals surface area contributed by atoms with Crippen LogP contribution in [0.4, 0.5) is 11.4 Å². The van der Waals surface area contributed by atoms with Gasteiger partial charge < -0.3 is 16.0 Å². The summed E-state index contributed by atoms with van der Waals surface area (Å²) in [6.07, 6.45) is 4.11. The lowest BCUT2D eigenvalue weighted by Crippen LogP contribution is -2.42. The van der Waals surface area contributed by atoms with Crippen LogP contribution in [-0.2, 0) is 0 Å². The van der Waals surface area contributed by atoms with Gasteiger partial charge in [-0.25, -0.2) is 0 Å². The lowest BCUT2D eigenvalue weighted by Gasteiger charge is -2.36. The quantitative estimate of drug-likeness (QED) is 0.824. The Balaban J connectivity index is 1.83. The normalized spacial score (nSPS) is 23.9. The Morgan fingerprint density at radius 2 is 2.20 bits per heavy atom. The molecule has 0 aliphatic carbocycles. The molecule has 2 heterocycles. The summed E-state index contributed by atoms with van der Waals surface area (Å²) in [5.41, 5.74) is 9.08. The van der Waals surface area contributed by atoms with E-state index in [0.29, 0.717) is 12.1 Å². The third-order valence-corrected chi connectivity index (χ3v) is 4.39. The highest BCUT2D eigenvalue weighted by molar-refractivity contribution is 5.96. The molecule has 0 bridgehead atoms. The summed E-state index contributed by atoms with van der Waals surface area (Å²) >= 11 is 0. The number of fused-ring (bicyclic) bond motifs is 1. The molecular formula is C16H22N4. The number of rotatable bonds is 2. The largest absolute Gasteiger partial charge is 0.397 e. The standard InChI is InChI=1S/C16H22N4/c1-11-10-12(7-9-20(11)2)19-15-6-5-14-13(16(15)17)4-3-8-18-14/h3-6,8,11-12,19H,7,9-10,17H2,1-2H3. The monoisotopic (exact) mass is 270 g/mol. The zero-order valence-electron chi connectivity index (χ0n) is 12.1. The Kier molecular flexibility index (Phi) is 3.49. The van der Waals surface area contributed by atoms with E-state index in [9.17, 15) is 0 Å². The lowest BCUT2D eigenvalue weighted by atomic mass is 9.98. The van der Waals surface area contributed by atoms with Crippen LogP contribution in [0.3, 0.4) is 0 Å². The van der Waals surface area contributed by atoms with E-state index < -0.39 is 0 Å². The second-order valence-corrected chi connectivity index (χ2v) is 5.79. The first kappa shape index (κ1) is 13.2. The number of pyridine rings is 1. The molecule has 1 aliphatic heterocycles. The average Bonchev–Trinajstić information content (AvgIpc) is 2.46. The average molecular weight is 270 g/mol. The third kappa shape index (κ3) is 2.43. The van der Waals surface area contributed by atoms with E-state index in [0.717, 1.165) is 41.7 Å². The number of likely N-dealkylation sites (tertiary alicyclic amines) is 1. The Hall–Kier alpha value is -1.81. The van der Waals surface area contributed by atoms with Crippen molar-refractivity contribution in [1.82, 2.24) is 9.88 Å². The van der Waals surface area contributed by atoms with Crippen molar-refractivity contribution in [1.29, 1.82) is 0 Å². The molecule has 3 N–H and O–H groups in total. The van der Waals surface area contributed by atoms with Crippen molar-refractivity contribution in [2.45, 2.75) is 31.8 Å². The molecule has 4 heteroatoms. The minimum atomic E-state index is 0.498. The van der Waals surface area contributed by atoms with Crippen LogP contribution >= 0.6 is 0 Å². The second kappa shape index (κ2) is 5.29. The number of hydrogen-bond donors (Lipinski definition) is 2. The highest BCUT2D eigenvalue weighted by Gasteiger charge is 2.23. The Labute approximate surface area is 120 Å². The molecule has 0 saturated carbocycles. The number of nitrogens with two attached hydrogens (primary N) is 1. The first-order chi connectivity index (χ1) is 9.65. The van der Waals surface area contributed by atoms with Crippen LogP contribution < -0.4 is 11.1 Å². The van der Waals surface area contributed by atoms with Crippen LogP contribution in [0.1, 0.15) is 19.8 Å². The van der Waals surface area contributed by atoms with Gasteiger partial charge in [0.05, 0.1) is 16.9 Å². The fourth-order valence-corrected chi connectivity index (χ4v) is 2.94. The molecule has 2 unspecified atom stereocenters. The molecule has 2 atom stereocenters. The van der Waals surface area contributed by atoms with Crippen molar-refractivity contribution in [2.24, 2.45) is 0 Å². The summed E-state index contributed by atoms with van der Waals surface area (Å²) in [4.78, 5) is 6.75. The maximum atomic E-state index is 6.29. The van der Waals surface area contributed by atoms with Gasteiger partial charge in [0.25, 0.3) is 0 Å². The molecule has 1 aromatic heterocycles. The Morgan fingerprint density at radius 1 is 1.35 bits per heavy atom. The van der Waals surface area contributed by atoms with Crippen LogP contribution in [0.2, 0.25) is 0 Å². The molecule has 0 amide bonds. The molecule has 2 aromatic rings. The Morgan fingerprint density at radius 3 is 3.00 bits per heavy atom. The van der Waals surface area contributed by atoms with Crippen LogP contribution in [0, 0.1) is 0 Å². The highest BCUT2D eigenvalue weighted by atomic mass is 15.1. The van der Waals surface area contributed by atoms with E-state index in [-0.39, 0.29) is 0 Å². The predicted molar refractivity (Wildman–Crippen MR) is 84.9 cm³/mol.